The minimum atomic E-state index is -0.918. The molecular weight excluding hydrogens is 172 g/mol. The van der Waals surface area contributed by atoms with Gasteiger partial charge in [-0.3, -0.25) is 9.59 Å². The summed E-state index contributed by atoms with van der Waals surface area (Å²) in [5.74, 6) is -1.62. The maximum absolute atomic E-state index is 11.0. The molecular formula is C8H14N2O3. The van der Waals surface area contributed by atoms with E-state index in [1.54, 1.807) is 0 Å². The van der Waals surface area contributed by atoms with E-state index >= 15 is 0 Å². The highest BCUT2D eigenvalue weighted by Crippen LogP contribution is 2.15. The molecule has 0 aromatic rings. The third-order valence-electron chi connectivity index (χ3n) is 2.43. The molecule has 0 spiro atoms. The number of carbonyl (C=O) groups excluding carboxylic acids is 1. The third kappa shape index (κ3) is 2.18. The smallest absolute Gasteiger partial charge is 0.309 e. The van der Waals surface area contributed by atoms with Gasteiger partial charge in [-0.15, -0.1) is 0 Å². The molecule has 5 heteroatoms. The first-order chi connectivity index (χ1) is 6.02. The summed E-state index contributed by atoms with van der Waals surface area (Å²) in [5, 5.41) is 8.79. The van der Waals surface area contributed by atoms with Crippen LogP contribution in [0.2, 0.25) is 0 Å². The first-order valence-corrected chi connectivity index (χ1v) is 4.26. The second-order valence-electron chi connectivity index (χ2n) is 3.36. The molecule has 1 saturated heterocycles. The Hall–Kier alpha value is -1.10. The van der Waals surface area contributed by atoms with E-state index in [1.165, 1.54) is 11.8 Å². The number of carboxylic acids is 1. The van der Waals surface area contributed by atoms with Gasteiger partial charge in [0.05, 0.1) is 5.92 Å². The van der Waals surface area contributed by atoms with Gasteiger partial charge in [-0.1, -0.05) is 0 Å². The van der Waals surface area contributed by atoms with Gasteiger partial charge in [0.1, 0.15) is 0 Å². The van der Waals surface area contributed by atoms with Crippen molar-refractivity contribution < 1.29 is 14.7 Å². The van der Waals surface area contributed by atoms with Crippen LogP contribution < -0.4 is 5.73 Å². The zero-order chi connectivity index (χ0) is 10.0. The lowest BCUT2D eigenvalue weighted by molar-refractivity contribution is -0.146. The second-order valence-corrected chi connectivity index (χ2v) is 3.36. The minimum Gasteiger partial charge on any atom is -0.481 e. The lowest BCUT2D eigenvalue weighted by Gasteiger charge is -2.33. The van der Waals surface area contributed by atoms with Gasteiger partial charge in [0.25, 0.3) is 0 Å². The normalized spacial score (nSPS) is 28.6. The molecule has 0 aliphatic carbocycles. The van der Waals surface area contributed by atoms with Gasteiger partial charge in [-0.25, -0.2) is 0 Å². The Bertz CT molecular complexity index is 229. The molecule has 1 rings (SSSR count). The zero-order valence-corrected chi connectivity index (χ0v) is 7.56. The second kappa shape index (κ2) is 3.74. The van der Waals surface area contributed by atoms with Crippen molar-refractivity contribution in [2.24, 2.45) is 11.7 Å². The molecule has 0 bridgehead atoms. The number of rotatable bonds is 1. The Morgan fingerprint density at radius 3 is 2.62 bits per heavy atom. The first-order valence-electron chi connectivity index (χ1n) is 4.26. The summed E-state index contributed by atoms with van der Waals surface area (Å²) in [6.45, 7) is 2.25. The van der Waals surface area contributed by atoms with E-state index < -0.39 is 11.9 Å². The van der Waals surface area contributed by atoms with Crippen molar-refractivity contribution in [1.29, 1.82) is 0 Å². The van der Waals surface area contributed by atoms with Crippen molar-refractivity contribution in [3.05, 3.63) is 0 Å². The fraction of sp³-hybridized carbons (Fsp3) is 0.750. The maximum atomic E-state index is 11.0. The molecule has 0 radical (unpaired) electrons. The summed E-state index contributed by atoms with van der Waals surface area (Å²) in [6, 6.07) is -0.326. The van der Waals surface area contributed by atoms with Crippen molar-refractivity contribution >= 4 is 11.9 Å². The Kier molecular flexibility index (Phi) is 2.87. The van der Waals surface area contributed by atoms with Crippen molar-refractivity contribution in [3.8, 4) is 0 Å². The van der Waals surface area contributed by atoms with Gasteiger partial charge in [0.2, 0.25) is 5.91 Å². The molecule has 3 N–H and O–H groups in total. The number of hydrogen-bond donors (Lipinski definition) is 2. The number of hydrogen-bond acceptors (Lipinski definition) is 3. The summed E-state index contributed by atoms with van der Waals surface area (Å²) in [5.41, 5.74) is 5.62. The standard InChI is InChI=1S/C8H14N2O3/c1-5(11)10-3-2-7(9)6(4-10)8(12)13/h6-7H,2-4,9H2,1H3,(H,12,13). The molecule has 5 nitrogen and oxygen atoms in total. The van der Waals surface area contributed by atoms with E-state index in [1.807, 2.05) is 0 Å². The average molecular weight is 186 g/mol. The van der Waals surface area contributed by atoms with Crippen LogP contribution in [0.1, 0.15) is 13.3 Å². The fourth-order valence-corrected chi connectivity index (χ4v) is 1.52. The van der Waals surface area contributed by atoms with Crippen LogP contribution in [0.4, 0.5) is 0 Å². The molecule has 13 heavy (non-hydrogen) atoms. The Labute approximate surface area is 76.5 Å². The average Bonchev–Trinajstić information content (AvgIpc) is 2.04. The Morgan fingerprint density at radius 2 is 2.15 bits per heavy atom. The maximum Gasteiger partial charge on any atom is 0.309 e. The van der Waals surface area contributed by atoms with Gasteiger partial charge in [0, 0.05) is 26.1 Å². The van der Waals surface area contributed by atoms with Crippen LogP contribution in [-0.4, -0.2) is 41.0 Å². The van der Waals surface area contributed by atoms with Gasteiger partial charge in [-0.05, 0) is 6.42 Å². The van der Waals surface area contributed by atoms with Crippen molar-refractivity contribution in [1.82, 2.24) is 4.90 Å². The summed E-state index contributed by atoms with van der Waals surface area (Å²) >= 11 is 0. The number of carboxylic acid groups (broad SMARTS) is 1. The van der Waals surface area contributed by atoms with E-state index in [4.69, 9.17) is 10.8 Å². The summed E-state index contributed by atoms with van der Waals surface area (Å²) in [4.78, 5) is 23.2. The highest BCUT2D eigenvalue weighted by Gasteiger charge is 2.32. The van der Waals surface area contributed by atoms with Crippen molar-refractivity contribution in [2.75, 3.05) is 13.1 Å². The minimum absolute atomic E-state index is 0.0850. The topological polar surface area (TPSA) is 83.6 Å². The molecule has 1 aliphatic rings. The number of nitrogens with two attached hydrogens (primary N) is 1. The Balaban J connectivity index is 2.63. The van der Waals surface area contributed by atoms with Crippen LogP contribution in [0, 0.1) is 5.92 Å². The van der Waals surface area contributed by atoms with Crippen LogP contribution >= 0.6 is 0 Å². The highest BCUT2D eigenvalue weighted by molar-refractivity contribution is 5.76. The quantitative estimate of drug-likeness (QED) is 0.565. The predicted molar refractivity (Wildman–Crippen MR) is 46.0 cm³/mol. The summed E-state index contributed by atoms with van der Waals surface area (Å²) < 4.78 is 0. The molecule has 0 aromatic heterocycles. The molecule has 0 aromatic carbocycles. The molecule has 1 amide bonds. The number of nitrogens with zero attached hydrogens (tertiary/aromatic N) is 1. The molecule has 0 saturated carbocycles. The van der Waals surface area contributed by atoms with E-state index in [0.29, 0.717) is 13.0 Å². The van der Waals surface area contributed by atoms with Gasteiger partial charge >= 0.3 is 5.97 Å². The molecule has 2 unspecified atom stereocenters. The van der Waals surface area contributed by atoms with E-state index in [2.05, 4.69) is 0 Å². The lowest BCUT2D eigenvalue weighted by Crippen LogP contribution is -2.51. The van der Waals surface area contributed by atoms with Gasteiger partial charge < -0.3 is 15.7 Å². The van der Waals surface area contributed by atoms with Gasteiger partial charge in [0.15, 0.2) is 0 Å². The van der Waals surface area contributed by atoms with E-state index in [-0.39, 0.29) is 18.5 Å². The van der Waals surface area contributed by atoms with Crippen LogP contribution in [-0.2, 0) is 9.59 Å². The molecule has 1 fully saturated rings. The van der Waals surface area contributed by atoms with Crippen LogP contribution in [0.15, 0.2) is 0 Å². The number of likely N-dealkylation sites (tertiary alicyclic amines) is 1. The zero-order valence-electron chi connectivity index (χ0n) is 7.56. The number of carbonyl (C=O) groups is 2. The molecule has 74 valence electrons. The van der Waals surface area contributed by atoms with E-state index in [9.17, 15) is 9.59 Å². The molecule has 1 aliphatic heterocycles. The van der Waals surface area contributed by atoms with Crippen LogP contribution in [0.25, 0.3) is 0 Å². The number of aliphatic carboxylic acids is 1. The largest absolute Gasteiger partial charge is 0.481 e. The van der Waals surface area contributed by atoms with E-state index in [0.717, 1.165) is 0 Å². The molecule has 2 atom stereocenters. The first kappa shape index (κ1) is 9.98. The highest BCUT2D eigenvalue weighted by atomic mass is 16.4. The third-order valence-corrected chi connectivity index (χ3v) is 2.43. The molecule has 1 heterocycles. The SMILES string of the molecule is CC(=O)N1CCC(N)C(C(=O)O)C1. The number of amides is 1. The summed E-state index contributed by atoms with van der Waals surface area (Å²) in [7, 11) is 0. The van der Waals surface area contributed by atoms with Crippen molar-refractivity contribution in [3.63, 3.8) is 0 Å². The number of piperidine rings is 1. The van der Waals surface area contributed by atoms with Gasteiger partial charge in [-0.2, -0.15) is 0 Å². The fourth-order valence-electron chi connectivity index (χ4n) is 1.52. The van der Waals surface area contributed by atoms with Crippen LogP contribution in [0.3, 0.4) is 0 Å². The Morgan fingerprint density at radius 1 is 1.54 bits per heavy atom. The summed E-state index contributed by atoms with van der Waals surface area (Å²) in [6.07, 6.45) is 0.566. The predicted octanol–water partition coefficient (Wildman–Crippen LogP) is -0.733. The van der Waals surface area contributed by atoms with Crippen LogP contribution in [0.5, 0.6) is 0 Å². The van der Waals surface area contributed by atoms with Crippen molar-refractivity contribution in [2.45, 2.75) is 19.4 Å². The lowest BCUT2D eigenvalue weighted by atomic mass is 9.93. The monoisotopic (exact) mass is 186 g/mol.